The van der Waals surface area contributed by atoms with Crippen LogP contribution in [0.1, 0.15) is 39.2 Å². The first-order chi connectivity index (χ1) is 14.8. The molecule has 0 fully saturated rings. The number of nitro benzene ring substituents is 1. The van der Waals surface area contributed by atoms with Crippen molar-refractivity contribution in [3.05, 3.63) is 104 Å². The highest BCUT2D eigenvalue weighted by Gasteiger charge is 2.19. The summed E-state index contributed by atoms with van der Waals surface area (Å²) >= 11 is 6.01. The van der Waals surface area contributed by atoms with E-state index in [-0.39, 0.29) is 33.3 Å². The number of nitrogens with zero attached hydrogens (tertiary/aromatic N) is 1. The largest absolute Gasteiger partial charge is 0.345 e. The number of para-hydroxylation sites is 1. The third kappa shape index (κ3) is 5.23. The summed E-state index contributed by atoms with van der Waals surface area (Å²) in [6, 6.07) is 15.2. The van der Waals surface area contributed by atoms with Gasteiger partial charge in [-0.2, -0.15) is 0 Å². The molecule has 0 spiro atoms. The van der Waals surface area contributed by atoms with Crippen molar-refractivity contribution in [3.63, 3.8) is 0 Å². The van der Waals surface area contributed by atoms with E-state index in [4.69, 9.17) is 11.6 Å². The van der Waals surface area contributed by atoms with Crippen molar-refractivity contribution in [3.8, 4) is 0 Å². The third-order valence-electron chi connectivity index (χ3n) is 4.55. The van der Waals surface area contributed by atoms with Crippen molar-refractivity contribution in [2.45, 2.75) is 13.0 Å². The lowest BCUT2D eigenvalue weighted by Crippen LogP contribution is -2.28. The number of amides is 2. The second kappa shape index (κ2) is 9.36. The molecule has 0 bridgehead atoms. The van der Waals surface area contributed by atoms with Crippen LogP contribution < -0.4 is 10.6 Å². The fraction of sp³-hybridized carbons (Fsp3) is 0.0909. The fourth-order valence-electron chi connectivity index (χ4n) is 2.89. The predicted molar refractivity (Wildman–Crippen MR) is 115 cm³/mol. The monoisotopic (exact) mass is 441 g/mol. The van der Waals surface area contributed by atoms with Gasteiger partial charge in [0.2, 0.25) is 0 Å². The Hall–Kier alpha value is -3.78. The first kappa shape index (κ1) is 21.9. The molecule has 3 rings (SSSR count). The average Bonchev–Trinajstić information content (AvgIpc) is 2.74. The number of non-ortho nitro benzene ring substituents is 1. The van der Waals surface area contributed by atoms with Crippen molar-refractivity contribution >= 4 is 34.8 Å². The molecule has 0 aromatic heterocycles. The van der Waals surface area contributed by atoms with Gasteiger partial charge in [0, 0.05) is 12.1 Å². The summed E-state index contributed by atoms with van der Waals surface area (Å²) in [5.74, 6) is -1.44. The van der Waals surface area contributed by atoms with Crippen LogP contribution in [-0.2, 0) is 0 Å². The number of anilines is 1. The number of benzene rings is 3. The highest BCUT2D eigenvalue weighted by molar-refractivity contribution is 6.34. The van der Waals surface area contributed by atoms with E-state index in [1.807, 2.05) is 0 Å². The summed E-state index contributed by atoms with van der Waals surface area (Å²) < 4.78 is 13.1. The van der Waals surface area contributed by atoms with Gasteiger partial charge in [0.25, 0.3) is 17.5 Å². The van der Waals surface area contributed by atoms with Gasteiger partial charge in [-0.1, -0.05) is 35.9 Å². The summed E-state index contributed by atoms with van der Waals surface area (Å²) in [7, 11) is 0. The third-order valence-corrected chi connectivity index (χ3v) is 4.86. The molecular weight excluding hydrogens is 425 g/mol. The van der Waals surface area contributed by atoms with Gasteiger partial charge >= 0.3 is 0 Å². The molecule has 0 aliphatic carbocycles. The number of carbonyl (C=O) groups is 2. The Morgan fingerprint density at radius 3 is 2.32 bits per heavy atom. The van der Waals surface area contributed by atoms with Crippen LogP contribution in [0, 0.1) is 15.9 Å². The first-order valence-electron chi connectivity index (χ1n) is 9.17. The molecule has 2 amide bonds. The second-order valence-electron chi connectivity index (χ2n) is 6.67. The molecule has 31 heavy (non-hydrogen) atoms. The molecule has 3 aromatic carbocycles. The highest BCUT2D eigenvalue weighted by atomic mass is 35.5. The maximum absolute atomic E-state index is 13.1. The number of halogens is 2. The van der Waals surface area contributed by atoms with E-state index in [9.17, 15) is 24.1 Å². The molecule has 2 N–H and O–H groups in total. The molecule has 0 radical (unpaired) electrons. The molecule has 1 unspecified atom stereocenters. The summed E-state index contributed by atoms with van der Waals surface area (Å²) in [4.78, 5) is 35.6. The van der Waals surface area contributed by atoms with E-state index in [1.165, 1.54) is 24.3 Å². The summed E-state index contributed by atoms with van der Waals surface area (Å²) in [6.45, 7) is 1.75. The molecule has 0 heterocycles. The molecule has 9 heteroatoms. The van der Waals surface area contributed by atoms with E-state index >= 15 is 0 Å². The Bertz CT molecular complexity index is 1150. The Balaban J connectivity index is 1.78. The molecular formula is C22H17ClFN3O4. The summed E-state index contributed by atoms with van der Waals surface area (Å²) in [5, 5.41) is 16.2. The Labute approximate surface area is 182 Å². The van der Waals surface area contributed by atoms with Crippen molar-refractivity contribution in [2.75, 3.05) is 5.32 Å². The summed E-state index contributed by atoms with van der Waals surface area (Å²) in [5.41, 5.74) is 0.959. The number of nitro groups is 1. The smallest absolute Gasteiger partial charge is 0.270 e. The van der Waals surface area contributed by atoms with E-state index < -0.39 is 22.8 Å². The minimum absolute atomic E-state index is 0.0298. The predicted octanol–water partition coefficient (Wildman–Crippen LogP) is 5.13. The van der Waals surface area contributed by atoms with Crippen molar-refractivity contribution in [1.29, 1.82) is 0 Å². The molecule has 0 aliphatic heterocycles. The van der Waals surface area contributed by atoms with Crippen LogP contribution in [0.4, 0.5) is 15.8 Å². The Morgan fingerprint density at radius 1 is 1.00 bits per heavy atom. The quantitative estimate of drug-likeness (QED) is 0.409. The molecule has 0 saturated heterocycles. The van der Waals surface area contributed by atoms with Gasteiger partial charge in [0.1, 0.15) is 5.82 Å². The van der Waals surface area contributed by atoms with E-state index in [2.05, 4.69) is 10.6 Å². The van der Waals surface area contributed by atoms with E-state index in [0.717, 1.165) is 6.07 Å². The maximum Gasteiger partial charge on any atom is 0.270 e. The Morgan fingerprint density at radius 2 is 1.68 bits per heavy atom. The van der Waals surface area contributed by atoms with Crippen molar-refractivity contribution in [1.82, 2.24) is 5.32 Å². The van der Waals surface area contributed by atoms with E-state index in [0.29, 0.717) is 5.56 Å². The molecule has 158 valence electrons. The molecule has 0 aliphatic rings. The van der Waals surface area contributed by atoms with Gasteiger partial charge in [-0.3, -0.25) is 19.7 Å². The number of hydrogen-bond donors (Lipinski definition) is 2. The zero-order valence-electron chi connectivity index (χ0n) is 16.3. The molecule has 3 aromatic rings. The Kier molecular flexibility index (Phi) is 6.61. The number of carbonyl (C=O) groups excluding carboxylic acids is 2. The van der Waals surface area contributed by atoms with Crippen LogP contribution in [0.25, 0.3) is 0 Å². The molecule has 0 saturated carbocycles. The van der Waals surface area contributed by atoms with Crippen molar-refractivity contribution < 1.29 is 18.9 Å². The van der Waals surface area contributed by atoms with Gasteiger partial charge in [0.05, 0.1) is 32.8 Å². The van der Waals surface area contributed by atoms with Crippen LogP contribution >= 0.6 is 11.6 Å². The van der Waals surface area contributed by atoms with Gasteiger partial charge in [-0.25, -0.2) is 4.39 Å². The minimum Gasteiger partial charge on any atom is -0.345 e. The van der Waals surface area contributed by atoms with Gasteiger partial charge in [-0.15, -0.1) is 0 Å². The van der Waals surface area contributed by atoms with E-state index in [1.54, 1.807) is 43.3 Å². The number of hydrogen-bond acceptors (Lipinski definition) is 4. The second-order valence-corrected chi connectivity index (χ2v) is 7.07. The average molecular weight is 442 g/mol. The number of rotatable bonds is 6. The number of nitrogens with one attached hydrogen (secondary N) is 2. The lowest BCUT2D eigenvalue weighted by molar-refractivity contribution is -0.384. The van der Waals surface area contributed by atoms with Gasteiger partial charge < -0.3 is 10.6 Å². The van der Waals surface area contributed by atoms with Gasteiger partial charge in [0.15, 0.2) is 0 Å². The van der Waals surface area contributed by atoms with Crippen LogP contribution in [-0.4, -0.2) is 16.7 Å². The topological polar surface area (TPSA) is 101 Å². The SMILES string of the molecule is CC(NC(=O)c1ccccc1NC(=O)c1ccc([N+](=O)[O-])cc1Cl)c1ccc(F)cc1. The lowest BCUT2D eigenvalue weighted by Gasteiger charge is -2.16. The van der Waals surface area contributed by atoms with Gasteiger partial charge in [-0.05, 0) is 42.8 Å². The maximum atomic E-state index is 13.1. The highest BCUT2D eigenvalue weighted by Crippen LogP contribution is 2.25. The normalized spacial score (nSPS) is 11.5. The zero-order valence-corrected chi connectivity index (χ0v) is 17.0. The lowest BCUT2D eigenvalue weighted by atomic mass is 10.1. The standard InChI is InChI=1S/C22H17ClFN3O4/c1-13(14-6-8-15(24)9-7-14)25-22(29)18-4-2-3-5-20(18)26-21(28)17-11-10-16(27(30)31)12-19(17)23/h2-13H,1H3,(H,25,29)(H,26,28). The van der Waals surface area contributed by atoms with Crippen LogP contribution in [0.3, 0.4) is 0 Å². The minimum atomic E-state index is -0.619. The van der Waals surface area contributed by atoms with Crippen LogP contribution in [0.15, 0.2) is 66.7 Å². The van der Waals surface area contributed by atoms with Crippen molar-refractivity contribution in [2.24, 2.45) is 0 Å². The van der Waals surface area contributed by atoms with Crippen LogP contribution in [0.5, 0.6) is 0 Å². The summed E-state index contributed by atoms with van der Waals surface area (Å²) in [6.07, 6.45) is 0. The molecule has 1 atom stereocenters. The fourth-order valence-corrected chi connectivity index (χ4v) is 3.15. The zero-order chi connectivity index (χ0) is 22.5. The first-order valence-corrected chi connectivity index (χ1v) is 9.54. The molecule has 7 nitrogen and oxygen atoms in total. The van der Waals surface area contributed by atoms with Crippen LogP contribution in [0.2, 0.25) is 5.02 Å².